The van der Waals surface area contributed by atoms with Gasteiger partial charge in [0.05, 0.1) is 17.2 Å². The van der Waals surface area contributed by atoms with Gasteiger partial charge in [0.25, 0.3) is 0 Å². The Labute approximate surface area is 90.2 Å². The lowest BCUT2D eigenvalue weighted by Gasteiger charge is -2.39. The lowest BCUT2D eigenvalue weighted by molar-refractivity contribution is -0.0399. The van der Waals surface area contributed by atoms with E-state index in [0.717, 1.165) is 18.4 Å². The highest BCUT2D eigenvalue weighted by Crippen LogP contribution is 2.42. The maximum Gasteiger partial charge on any atom is 0.0991 e. The molecule has 0 heterocycles. The average Bonchev–Trinajstić information content (AvgIpc) is 2.14. The van der Waals surface area contributed by atoms with Crippen LogP contribution in [0.5, 0.6) is 0 Å². The molecule has 1 fully saturated rings. The molecule has 1 unspecified atom stereocenters. The molecule has 1 N–H and O–H groups in total. The van der Waals surface area contributed by atoms with Gasteiger partial charge in [0.15, 0.2) is 0 Å². The smallest absolute Gasteiger partial charge is 0.0991 e. The molecular weight excluding hydrogens is 186 g/mol. The third-order valence-electron chi connectivity index (χ3n) is 3.48. The van der Waals surface area contributed by atoms with Gasteiger partial charge in [-0.15, -0.1) is 0 Å². The molecule has 78 valence electrons. The van der Waals surface area contributed by atoms with E-state index in [4.69, 9.17) is 5.26 Å². The summed E-state index contributed by atoms with van der Waals surface area (Å²) in [5.41, 5.74) is 0.712. The Hall–Kier alpha value is -1.33. The van der Waals surface area contributed by atoms with Crippen molar-refractivity contribution in [3.05, 3.63) is 35.4 Å². The van der Waals surface area contributed by atoms with Crippen LogP contribution in [-0.2, 0) is 5.60 Å². The maximum atomic E-state index is 10.4. The lowest BCUT2D eigenvalue weighted by atomic mass is 9.70. The monoisotopic (exact) mass is 201 g/mol. The highest BCUT2D eigenvalue weighted by Gasteiger charge is 2.37. The van der Waals surface area contributed by atoms with Gasteiger partial charge < -0.3 is 5.11 Å². The Kier molecular flexibility index (Phi) is 2.50. The summed E-state index contributed by atoms with van der Waals surface area (Å²) in [6, 6.07) is 9.39. The van der Waals surface area contributed by atoms with E-state index < -0.39 is 5.60 Å². The molecular formula is C13H15NO. The van der Waals surface area contributed by atoms with E-state index in [1.807, 2.05) is 19.1 Å². The van der Waals surface area contributed by atoms with Gasteiger partial charge in [0.1, 0.15) is 0 Å². The molecule has 0 saturated heterocycles. The molecule has 0 amide bonds. The minimum atomic E-state index is -0.773. The largest absolute Gasteiger partial charge is 0.385 e. The molecule has 2 rings (SSSR count). The first-order valence-corrected chi connectivity index (χ1v) is 5.37. The first kappa shape index (κ1) is 10.2. The van der Waals surface area contributed by atoms with Gasteiger partial charge in [-0.1, -0.05) is 18.6 Å². The van der Waals surface area contributed by atoms with E-state index in [0.29, 0.717) is 11.5 Å². The number of aliphatic hydroxyl groups is 1. The third kappa shape index (κ3) is 1.75. The maximum absolute atomic E-state index is 10.4. The minimum Gasteiger partial charge on any atom is -0.385 e. The molecule has 2 heteroatoms. The van der Waals surface area contributed by atoms with Crippen molar-refractivity contribution >= 4 is 0 Å². The second kappa shape index (κ2) is 3.67. The van der Waals surface area contributed by atoms with Gasteiger partial charge >= 0.3 is 0 Å². The van der Waals surface area contributed by atoms with Crippen LogP contribution >= 0.6 is 0 Å². The van der Waals surface area contributed by atoms with Crippen LogP contribution in [0.4, 0.5) is 0 Å². The van der Waals surface area contributed by atoms with Crippen molar-refractivity contribution in [2.45, 2.75) is 31.8 Å². The van der Waals surface area contributed by atoms with E-state index in [1.54, 1.807) is 12.1 Å². The normalized spacial score (nSPS) is 20.1. The van der Waals surface area contributed by atoms with Crippen molar-refractivity contribution in [1.29, 1.82) is 5.26 Å². The van der Waals surface area contributed by atoms with Gasteiger partial charge in [-0.3, -0.25) is 0 Å². The fourth-order valence-corrected chi connectivity index (χ4v) is 2.11. The van der Waals surface area contributed by atoms with Crippen molar-refractivity contribution in [2.24, 2.45) is 5.92 Å². The second-order valence-electron chi connectivity index (χ2n) is 4.47. The molecule has 0 aliphatic heterocycles. The molecule has 0 bridgehead atoms. The Bertz CT molecular complexity index is 399. The van der Waals surface area contributed by atoms with Crippen molar-refractivity contribution in [3.8, 4) is 6.07 Å². The molecule has 15 heavy (non-hydrogen) atoms. The first-order chi connectivity index (χ1) is 7.14. The zero-order valence-electron chi connectivity index (χ0n) is 8.90. The molecule has 1 aromatic carbocycles. The van der Waals surface area contributed by atoms with Crippen molar-refractivity contribution in [3.63, 3.8) is 0 Å². The van der Waals surface area contributed by atoms with E-state index in [1.165, 1.54) is 6.42 Å². The molecule has 1 aromatic rings. The summed E-state index contributed by atoms with van der Waals surface area (Å²) in [4.78, 5) is 0. The van der Waals surface area contributed by atoms with Crippen molar-refractivity contribution < 1.29 is 5.11 Å². The summed E-state index contributed by atoms with van der Waals surface area (Å²) < 4.78 is 0. The van der Waals surface area contributed by atoms with Gasteiger partial charge in [-0.25, -0.2) is 0 Å². The molecule has 1 saturated carbocycles. The number of benzene rings is 1. The van der Waals surface area contributed by atoms with E-state index in [2.05, 4.69) is 6.07 Å². The number of nitriles is 1. The second-order valence-corrected chi connectivity index (χ2v) is 4.47. The number of nitrogens with zero attached hydrogens (tertiary/aromatic N) is 1. The van der Waals surface area contributed by atoms with E-state index in [-0.39, 0.29) is 0 Å². The SMILES string of the molecule is CC(O)(c1cccc(C#N)c1)C1CCC1. The number of hydrogen-bond acceptors (Lipinski definition) is 2. The molecule has 0 aromatic heterocycles. The van der Waals surface area contributed by atoms with Crippen LogP contribution in [-0.4, -0.2) is 5.11 Å². The van der Waals surface area contributed by atoms with Crippen LogP contribution in [0.3, 0.4) is 0 Å². The molecule has 0 spiro atoms. The zero-order chi connectivity index (χ0) is 10.9. The highest BCUT2D eigenvalue weighted by atomic mass is 16.3. The predicted octanol–water partition coefficient (Wildman–Crippen LogP) is 2.57. The summed E-state index contributed by atoms with van der Waals surface area (Å²) in [6.45, 7) is 1.85. The Morgan fingerprint density at radius 3 is 2.73 bits per heavy atom. The van der Waals surface area contributed by atoms with E-state index >= 15 is 0 Å². The summed E-state index contributed by atoms with van der Waals surface area (Å²) in [7, 11) is 0. The molecule has 0 radical (unpaired) electrons. The number of hydrogen-bond donors (Lipinski definition) is 1. The van der Waals surface area contributed by atoms with Gasteiger partial charge in [0.2, 0.25) is 0 Å². The van der Waals surface area contributed by atoms with Crippen LogP contribution in [0.1, 0.15) is 37.3 Å². The van der Waals surface area contributed by atoms with Crippen LogP contribution < -0.4 is 0 Å². The molecule has 1 atom stereocenters. The van der Waals surface area contributed by atoms with Crippen LogP contribution in [0.15, 0.2) is 24.3 Å². The van der Waals surface area contributed by atoms with Gasteiger partial charge in [0, 0.05) is 0 Å². The quantitative estimate of drug-likeness (QED) is 0.799. The predicted molar refractivity (Wildman–Crippen MR) is 58.1 cm³/mol. The van der Waals surface area contributed by atoms with E-state index in [9.17, 15) is 5.11 Å². The molecule has 1 aliphatic carbocycles. The highest BCUT2D eigenvalue weighted by molar-refractivity contribution is 5.35. The Morgan fingerprint density at radius 2 is 2.20 bits per heavy atom. The van der Waals surface area contributed by atoms with Crippen molar-refractivity contribution in [2.75, 3.05) is 0 Å². The standard InChI is InChI=1S/C13H15NO/c1-13(15,11-5-3-6-11)12-7-2-4-10(8-12)9-14/h2,4,7-8,11,15H,3,5-6H2,1H3. The summed E-state index contributed by atoms with van der Waals surface area (Å²) in [5.74, 6) is 0.353. The summed E-state index contributed by atoms with van der Waals surface area (Å²) >= 11 is 0. The van der Waals surface area contributed by atoms with Gasteiger partial charge in [-0.05, 0) is 43.4 Å². The first-order valence-electron chi connectivity index (χ1n) is 5.37. The summed E-state index contributed by atoms with van der Waals surface area (Å²) in [5, 5.41) is 19.2. The molecule has 1 aliphatic rings. The Morgan fingerprint density at radius 1 is 1.47 bits per heavy atom. The van der Waals surface area contributed by atoms with Crippen molar-refractivity contribution in [1.82, 2.24) is 0 Å². The summed E-state index contributed by atoms with van der Waals surface area (Å²) in [6.07, 6.45) is 3.38. The Balaban J connectivity index is 2.31. The number of rotatable bonds is 2. The third-order valence-corrected chi connectivity index (χ3v) is 3.48. The lowest BCUT2D eigenvalue weighted by Crippen LogP contribution is -2.36. The minimum absolute atomic E-state index is 0.353. The topological polar surface area (TPSA) is 44.0 Å². The van der Waals surface area contributed by atoms with Gasteiger partial charge in [-0.2, -0.15) is 5.26 Å². The van der Waals surface area contributed by atoms with Crippen LogP contribution in [0, 0.1) is 17.2 Å². The average molecular weight is 201 g/mol. The fraction of sp³-hybridized carbons (Fsp3) is 0.462. The van der Waals surface area contributed by atoms with Crippen LogP contribution in [0.2, 0.25) is 0 Å². The fourth-order valence-electron chi connectivity index (χ4n) is 2.11. The molecule has 2 nitrogen and oxygen atoms in total. The van der Waals surface area contributed by atoms with Crippen LogP contribution in [0.25, 0.3) is 0 Å². The zero-order valence-corrected chi connectivity index (χ0v) is 8.90.